The first kappa shape index (κ1) is 12.7. The second kappa shape index (κ2) is 6.28. The van der Waals surface area contributed by atoms with Gasteiger partial charge in [0.2, 0.25) is 0 Å². The molecule has 1 rings (SSSR count). The van der Waals surface area contributed by atoms with Crippen molar-refractivity contribution in [2.24, 2.45) is 5.73 Å². The molecule has 2 N–H and O–H groups in total. The molecule has 88 valence electrons. The summed E-state index contributed by atoms with van der Waals surface area (Å²) in [6.45, 7) is 4.92. The van der Waals surface area contributed by atoms with Gasteiger partial charge in [-0.2, -0.15) is 0 Å². The monoisotopic (exact) mass is 221 g/mol. The number of carbonyl (C=O) groups is 1. The van der Waals surface area contributed by atoms with Gasteiger partial charge in [0.05, 0.1) is 13.0 Å². The van der Waals surface area contributed by atoms with Crippen LogP contribution in [0.2, 0.25) is 0 Å². The second-order valence-corrected chi connectivity index (χ2v) is 3.94. The van der Waals surface area contributed by atoms with Crippen molar-refractivity contribution < 1.29 is 9.53 Å². The predicted molar refractivity (Wildman–Crippen MR) is 64.3 cm³/mol. The Kier molecular flexibility index (Phi) is 4.99. The first-order valence-electron chi connectivity index (χ1n) is 5.55. The largest absolute Gasteiger partial charge is 0.465 e. The summed E-state index contributed by atoms with van der Waals surface area (Å²) in [6, 6.07) is 6.29. The quantitative estimate of drug-likeness (QED) is 0.770. The molecule has 0 aliphatic rings. The summed E-state index contributed by atoms with van der Waals surface area (Å²) in [6.07, 6.45) is 1.06. The van der Waals surface area contributed by atoms with Crippen molar-refractivity contribution in [3.8, 4) is 0 Å². The summed E-state index contributed by atoms with van der Waals surface area (Å²) in [5, 5.41) is 0. The number of carbonyl (C=O) groups excluding carboxylic acids is 1. The SMILES string of the molecule is Cc1ccc(CCOC(=O)CCN)c(C)c1. The molecule has 0 amide bonds. The third-order valence-electron chi connectivity index (χ3n) is 2.48. The van der Waals surface area contributed by atoms with Gasteiger partial charge in [0, 0.05) is 13.0 Å². The lowest BCUT2D eigenvalue weighted by atomic mass is 10.0. The summed E-state index contributed by atoms with van der Waals surface area (Å²) < 4.78 is 5.05. The van der Waals surface area contributed by atoms with Crippen LogP contribution < -0.4 is 5.73 Å². The summed E-state index contributed by atoms with van der Waals surface area (Å²) in [7, 11) is 0. The van der Waals surface area contributed by atoms with Crippen LogP contribution in [0.3, 0.4) is 0 Å². The summed E-state index contributed by atoms with van der Waals surface area (Å²) in [5.41, 5.74) is 8.98. The Morgan fingerprint density at radius 2 is 2.12 bits per heavy atom. The van der Waals surface area contributed by atoms with Crippen molar-refractivity contribution in [3.05, 3.63) is 34.9 Å². The lowest BCUT2D eigenvalue weighted by Gasteiger charge is -2.07. The summed E-state index contributed by atoms with van der Waals surface area (Å²) >= 11 is 0. The van der Waals surface area contributed by atoms with Gasteiger partial charge in [-0.15, -0.1) is 0 Å². The zero-order valence-electron chi connectivity index (χ0n) is 9.95. The van der Waals surface area contributed by atoms with E-state index in [0.717, 1.165) is 6.42 Å². The molecule has 1 aromatic carbocycles. The van der Waals surface area contributed by atoms with Gasteiger partial charge in [-0.3, -0.25) is 4.79 Å². The van der Waals surface area contributed by atoms with Gasteiger partial charge in [-0.25, -0.2) is 0 Å². The van der Waals surface area contributed by atoms with Crippen molar-refractivity contribution in [1.82, 2.24) is 0 Å². The maximum absolute atomic E-state index is 11.1. The second-order valence-electron chi connectivity index (χ2n) is 3.94. The predicted octanol–water partition coefficient (Wildman–Crippen LogP) is 1.74. The third kappa shape index (κ3) is 4.03. The minimum absolute atomic E-state index is 0.215. The molecule has 0 bridgehead atoms. The molecule has 0 unspecified atom stereocenters. The Hall–Kier alpha value is -1.35. The highest BCUT2D eigenvalue weighted by atomic mass is 16.5. The lowest BCUT2D eigenvalue weighted by molar-refractivity contribution is -0.143. The Morgan fingerprint density at radius 3 is 2.75 bits per heavy atom. The van der Waals surface area contributed by atoms with E-state index >= 15 is 0 Å². The first-order chi connectivity index (χ1) is 7.63. The number of ether oxygens (including phenoxy) is 1. The Labute approximate surface area is 96.6 Å². The van der Waals surface area contributed by atoms with Crippen LogP contribution in [-0.2, 0) is 16.0 Å². The van der Waals surface area contributed by atoms with Gasteiger partial charge in [0.25, 0.3) is 0 Å². The van der Waals surface area contributed by atoms with E-state index in [4.69, 9.17) is 10.5 Å². The highest BCUT2D eigenvalue weighted by Gasteiger charge is 2.02. The molecule has 0 saturated carbocycles. The zero-order chi connectivity index (χ0) is 12.0. The number of esters is 1. The highest BCUT2D eigenvalue weighted by molar-refractivity contribution is 5.69. The van der Waals surface area contributed by atoms with Crippen molar-refractivity contribution in [2.45, 2.75) is 26.7 Å². The molecule has 0 aromatic heterocycles. The van der Waals surface area contributed by atoms with Crippen LogP contribution in [-0.4, -0.2) is 19.1 Å². The first-order valence-corrected chi connectivity index (χ1v) is 5.55. The number of rotatable bonds is 5. The highest BCUT2D eigenvalue weighted by Crippen LogP contribution is 2.11. The van der Waals surface area contributed by atoms with Crippen LogP contribution in [0, 0.1) is 13.8 Å². The van der Waals surface area contributed by atoms with Crippen LogP contribution in [0.5, 0.6) is 0 Å². The molecule has 3 nitrogen and oxygen atoms in total. The molecule has 3 heteroatoms. The van der Waals surface area contributed by atoms with Gasteiger partial charge in [0.1, 0.15) is 0 Å². The van der Waals surface area contributed by atoms with E-state index < -0.39 is 0 Å². The van der Waals surface area contributed by atoms with Gasteiger partial charge < -0.3 is 10.5 Å². The Balaban J connectivity index is 2.40. The molecule has 0 saturated heterocycles. The van der Waals surface area contributed by atoms with Gasteiger partial charge in [0.15, 0.2) is 0 Å². The van der Waals surface area contributed by atoms with E-state index in [-0.39, 0.29) is 5.97 Å². The molecule has 0 spiro atoms. The molecule has 0 aliphatic heterocycles. The van der Waals surface area contributed by atoms with Crippen LogP contribution in [0.4, 0.5) is 0 Å². The fourth-order valence-corrected chi connectivity index (χ4v) is 1.59. The molecule has 0 atom stereocenters. The van der Waals surface area contributed by atoms with Crippen LogP contribution >= 0.6 is 0 Å². The molecule has 0 heterocycles. The lowest BCUT2D eigenvalue weighted by Crippen LogP contribution is -2.13. The molecular weight excluding hydrogens is 202 g/mol. The maximum Gasteiger partial charge on any atom is 0.307 e. The van der Waals surface area contributed by atoms with E-state index in [1.165, 1.54) is 16.7 Å². The smallest absolute Gasteiger partial charge is 0.307 e. The maximum atomic E-state index is 11.1. The Morgan fingerprint density at radius 1 is 1.38 bits per heavy atom. The van der Waals surface area contributed by atoms with Crippen LogP contribution in [0.1, 0.15) is 23.1 Å². The minimum Gasteiger partial charge on any atom is -0.465 e. The number of hydrogen-bond donors (Lipinski definition) is 1. The molecule has 1 aromatic rings. The number of aryl methyl sites for hydroxylation is 2. The standard InChI is InChI=1S/C13H19NO2/c1-10-3-4-12(11(2)9-10)6-8-16-13(15)5-7-14/h3-4,9H,5-8,14H2,1-2H3. The van der Waals surface area contributed by atoms with Crippen molar-refractivity contribution >= 4 is 5.97 Å². The van der Waals surface area contributed by atoms with Crippen molar-refractivity contribution in [3.63, 3.8) is 0 Å². The molecule has 0 aliphatic carbocycles. The molecular formula is C13H19NO2. The summed E-state index contributed by atoms with van der Waals surface area (Å²) in [4.78, 5) is 11.1. The number of benzene rings is 1. The fourth-order valence-electron chi connectivity index (χ4n) is 1.59. The normalized spacial score (nSPS) is 10.2. The van der Waals surface area contributed by atoms with Crippen LogP contribution in [0.15, 0.2) is 18.2 Å². The molecule has 0 radical (unpaired) electrons. The van der Waals surface area contributed by atoms with Crippen LogP contribution in [0.25, 0.3) is 0 Å². The van der Waals surface area contributed by atoms with Crippen molar-refractivity contribution in [2.75, 3.05) is 13.2 Å². The van der Waals surface area contributed by atoms with Crippen molar-refractivity contribution in [1.29, 1.82) is 0 Å². The van der Waals surface area contributed by atoms with Gasteiger partial charge in [-0.05, 0) is 25.0 Å². The van der Waals surface area contributed by atoms with E-state index in [9.17, 15) is 4.79 Å². The van der Waals surface area contributed by atoms with E-state index in [1.807, 2.05) is 0 Å². The fraction of sp³-hybridized carbons (Fsp3) is 0.462. The summed E-state index contributed by atoms with van der Waals surface area (Å²) in [5.74, 6) is -0.215. The Bertz CT molecular complexity index is 361. The zero-order valence-corrected chi connectivity index (χ0v) is 9.95. The average molecular weight is 221 g/mol. The minimum atomic E-state index is -0.215. The number of nitrogens with two attached hydrogens (primary N) is 1. The number of hydrogen-bond acceptors (Lipinski definition) is 3. The van der Waals surface area contributed by atoms with E-state index in [1.54, 1.807) is 0 Å². The van der Waals surface area contributed by atoms with E-state index in [2.05, 4.69) is 32.0 Å². The van der Waals surface area contributed by atoms with Gasteiger partial charge in [-0.1, -0.05) is 23.8 Å². The average Bonchev–Trinajstić information content (AvgIpc) is 2.22. The molecule has 0 fully saturated rings. The topological polar surface area (TPSA) is 52.3 Å². The van der Waals surface area contributed by atoms with Gasteiger partial charge >= 0.3 is 5.97 Å². The molecule has 16 heavy (non-hydrogen) atoms. The third-order valence-corrected chi connectivity index (χ3v) is 2.48. The van der Waals surface area contributed by atoms with E-state index in [0.29, 0.717) is 19.6 Å².